The van der Waals surface area contributed by atoms with E-state index in [0.29, 0.717) is 12.5 Å². The Hall–Kier alpha value is -0.580. The van der Waals surface area contributed by atoms with Crippen molar-refractivity contribution in [1.29, 1.82) is 0 Å². The Kier molecular flexibility index (Phi) is 6.83. The van der Waals surface area contributed by atoms with Crippen molar-refractivity contribution in [3.63, 3.8) is 0 Å². The molecular weight excluding hydrogens is 274 g/mol. The van der Waals surface area contributed by atoms with Crippen LogP contribution in [-0.4, -0.2) is 73.0 Å². The zero-order valence-corrected chi connectivity index (χ0v) is 13.0. The Bertz CT molecular complexity index is 319. The Morgan fingerprint density at radius 1 is 0.900 bits per heavy atom. The number of nitrogens with zero attached hydrogens (tertiary/aromatic N) is 3. The van der Waals surface area contributed by atoms with Gasteiger partial charge in [-0.25, -0.2) is 0 Å². The lowest BCUT2D eigenvalue weighted by atomic mass is 10.2. The summed E-state index contributed by atoms with van der Waals surface area (Å²) >= 11 is 5.55. The van der Waals surface area contributed by atoms with Crippen molar-refractivity contribution in [2.45, 2.75) is 25.7 Å². The van der Waals surface area contributed by atoms with Crippen molar-refractivity contribution in [3.05, 3.63) is 11.6 Å². The summed E-state index contributed by atoms with van der Waals surface area (Å²) in [5.74, 6) is 0.320. The molecule has 0 aromatic heterocycles. The summed E-state index contributed by atoms with van der Waals surface area (Å²) in [6.07, 6.45) is 6.86. The standard InChI is InChI=1S/C15H26ClN3O/c16-6-5-7-17-10-12-18(13-11-17)14-15(20)19-8-3-1-2-4-9-19/h5-6H,1-4,7-14H2/b6-5+. The lowest BCUT2D eigenvalue weighted by Crippen LogP contribution is -2.50. The Morgan fingerprint density at radius 2 is 1.50 bits per heavy atom. The minimum Gasteiger partial charge on any atom is -0.342 e. The van der Waals surface area contributed by atoms with Crippen molar-refractivity contribution >= 4 is 17.5 Å². The van der Waals surface area contributed by atoms with Gasteiger partial charge in [-0.05, 0) is 12.8 Å². The largest absolute Gasteiger partial charge is 0.342 e. The highest BCUT2D eigenvalue weighted by atomic mass is 35.5. The molecule has 2 saturated heterocycles. The van der Waals surface area contributed by atoms with Crippen LogP contribution in [0, 0.1) is 0 Å². The fourth-order valence-corrected chi connectivity index (χ4v) is 3.01. The van der Waals surface area contributed by atoms with Crippen molar-refractivity contribution in [1.82, 2.24) is 14.7 Å². The molecule has 2 fully saturated rings. The summed E-state index contributed by atoms with van der Waals surface area (Å²) in [6, 6.07) is 0. The molecule has 2 aliphatic rings. The van der Waals surface area contributed by atoms with E-state index in [0.717, 1.165) is 45.8 Å². The summed E-state index contributed by atoms with van der Waals surface area (Å²) in [5.41, 5.74) is 1.58. The second kappa shape index (κ2) is 8.65. The quantitative estimate of drug-likeness (QED) is 0.791. The molecule has 0 N–H and O–H groups in total. The first-order valence-electron chi connectivity index (χ1n) is 7.77. The third kappa shape index (κ3) is 5.08. The molecule has 0 aromatic carbocycles. The number of halogens is 1. The first-order valence-corrected chi connectivity index (χ1v) is 8.21. The minimum atomic E-state index is 0.320. The highest BCUT2D eigenvalue weighted by Crippen LogP contribution is 2.10. The van der Waals surface area contributed by atoms with E-state index in [2.05, 4.69) is 14.7 Å². The second-order valence-electron chi connectivity index (χ2n) is 5.73. The molecule has 0 aliphatic carbocycles. The van der Waals surface area contributed by atoms with Crippen LogP contribution in [0.25, 0.3) is 0 Å². The van der Waals surface area contributed by atoms with Gasteiger partial charge in [0.15, 0.2) is 0 Å². The SMILES string of the molecule is O=C(CN1CCN(C/C=C/Cl)CC1)N1CCCCCC1. The third-order valence-electron chi connectivity index (χ3n) is 4.24. The van der Waals surface area contributed by atoms with Crippen LogP contribution in [0.2, 0.25) is 0 Å². The van der Waals surface area contributed by atoms with Gasteiger partial charge in [-0.3, -0.25) is 14.6 Å². The van der Waals surface area contributed by atoms with Crippen LogP contribution in [0.15, 0.2) is 11.6 Å². The zero-order valence-electron chi connectivity index (χ0n) is 12.3. The van der Waals surface area contributed by atoms with E-state index >= 15 is 0 Å². The minimum absolute atomic E-state index is 0.320. The van der Waals surface area contributed by atoms with Crippen LogP contribution in [0.5, 0.6) is 0 Å². The van der Waals surface area contributed by atoms with Gasteiger partial charge >= 0.3 is 0 Å². The van der Waals surface area contributed by atoms with Gasteiger partial charge in [0, 0.05) is 51.3 Å². The molecule has 0 unspecified atom stereocenters. The lowest BCUT2D eigenvalue weighted by molar-refractivity contribution is -0.132. The van der Waals surface area contributed by atoms with E-state index in [9.17, 15) is 4.79 Å². The monoisotopic (exact) mass is 299 g/mol. The van der Waals surface area contributed by atoms with Crippen LogP contribution < -0.4 is 0 Å². The fraction of sp³-hybridized carbons (Fsp3) is 0.800. The number of piperazine rings is 1. The first-order chi connectivity index (χ1) is 9.79. The Morgan fingerprint density at radius 3 is 2.10 bits per heavy atom. The normalized spacial score (nSPS) is 23.1. The zero-order chi connectivity index (χ0) is 14.2. The van der Waals surface area contributed by atoms with Gasteiger partial charge < -0.3 is 4.90 Å². The molecule has 2 rings (SSSR count). The molecular formula is C15H26ClN3O. The molecule has 114 valence electrons. The van der Waals surface area contributed by atoms with E-state index in [1.165, 1.54) is 25.7 Å². The molecule has 0 saturated carbocycles. The molecule has 1 amide bonds. The van der Waals surface area contributed by atoms with Crippen molar-refractivity contribution in [2.24, 2.45) is 0 Å². The van der Waals surface area contributed by atoms with Crippen LogP contribution in [0.4, 0.5) is 0 Å². The average Bonchev–Trinajstić information content (AvgIpc) is 2.75. The molecule has 5 heteroatoms. The number of rotatable bonds is 4. The average molecular weight is 300 g/mol. The predicted molar refractivity (Wildman–Crippen MR) is 82.9 cm³/mol. The summed E-state index contributed by atoms with van der Waals surface area (Å²) in [4.78, 5) is 19.0. The maximum absolute atomic E-state index is 12.3. The van der Waals surface area contributed by atoms with Crippen molar-refractivity contribution < 1.29 is 4.79 Å². The predicted octanol–water partition coefficient (Wildman–Crippen LogP) is 1.76. The number of hydrogen-bond donors (Lipinski definition) is 0. The van der Waals surface area contributed by atoms with Gasteiger partial charge in [0.05, 0.1) is 6.54 Å². The molecule has 4 nitrogen and oxygen atoms in total. The fourth-order valence-electron chi connectivity index (χ4n) is 2.93. The van der Waals surface area contributed by atoms with E-state index in [1.807, 2.05) is 6.08 Å². The first kappa shape index (κ1) is 15.8. The van der Waals surface area contributed by atoms with E-state index < -0.39 is 0 Å². The highest BCUT2D eigenvalue weighted by molar-refractivity contribution is 6.25. The Labute approximate surface area is 127 Å². The molecule has 0 bridgehead atoms. The smallest absolute Gasteiger partial charge is 0.236 e. The molecule has 0 aromatic rings. The molecule has 0 radical (unpaired) electrons. The van der Waals surface area contributed by atoms with Crippen LogP contribution >= 0.6 is 11.6 Å². The van der Waals surface area contributed by atoms with Crippen LogP contribution in [-0.2, 0) is 4.79 Å². The van der Waals surface area contributed by atoms with Gasteiger partial charge in [-0.2, -0.15) is 0 Å². The van der Waals surface area contributed by atoms with E-state index in [4.69, 9.17) is 11.6 Å². The third-order valence-corrected chi connectivity index (χ3v) is 4.41. The number of likely N-dealkylation sites (tertiary alicyclic amines) is 1. The van der Waals surface area contributed by atoms with Gasteiger partial charge in [-0.15, -0.1) is 0 Å². The second-order valence-corrected chi connectivity index (χ2v) is 5.99. The van der Waals surface area contributed by atoms with E-state index in [1.54, 1.807) is 5.54 Å². The highest BCUT2D eigenvalue weighted by Gasteiger charge is 2.21. The van der Waals surface area contributed by atoms with Gasteiger partial charge in [0.1, 0.15) is 0 Å². The topological polar surface area (TPSA) is 26.8 Å². The number of carbonyl (C=O) groups is 1. The summed E-state index contributed by atoms with van der Waals surface area (Å²) in [5, 5.41) is 0. The van der Waals surface area contributed by atoms with Gasteiger partial charge in [0.2, 0.25) is 5.91 Å². The molecule has 20 heavy (non-hydrogen) atoms. The molecule has 0 spiro atoms. The van der Waals surface area contributed by atoms with Gasteiger partial charge in [0.25, 0.3) is 0 Å². The Balaban J connectivity index is 1.70. The maximum atomic E-state index is 12.3. The molecule has 2 aliphatic heterocycles. The van der Waals surface area contributed by atoms with Gasteiger partial charge in [-0.1, -0.05) is 30.5 Å². The lowest BCUT2D eigenvalue weighted by Gasteiger charge is -2.34. The maximum Gasteiger partial charge on any atom is 0.236 e. The summed E-state index contributed by atoms with van der Waals surface area (Å²) < 4.78 is 0. The number of hydrogen-bond acceptors (Lipinski definition) is 3. The molecule has 2 heterocycles. The summed E-state index contributed by atoms with van der Waals surface area (Å²) in [7, 11) is 0. The van der Waals surface area contributed by atoms with Crippen molar-refractivity contribution in [2.75, 3.05) is 52.4 Å². The molecule has 0 atom stereocenters. The number of carbonyl (C=O) groups excluding carboxylic acids is 1. The summed E-state index contributed by atoms with van der Waals surface area (Å²) in [6.45, 7) is 7.43. The van der Waals surface area contributed by atoms with Crippen LogP contribution in [0.3, 0.4) is 0 Å². The number of amides is 1. The van der Waals surface area contributed by atoms with E-state index in [-0.39, 0.29) is 0 Å². The van der Waals surface area contributed by atoms with Crippen LogP contribution in [0.1, 0.15) is 25.7 Å². The van der Waals surface area contributed by atoms with Crippen molar-refractivity contribution in [3.8, 4) is 0 Å².